The highest BCUT2D eigenvalue weighted by molar-refractivity contribution is 5.61. The van der Waals surface area contributed by atoms with Crippen LogP contribution >= 0.6 is 0 Å². The van der Waals surface area contributed by atoms with Crippen molar-refractivity contribution in [3.05, 3.63) is 30.0 Å². The second kappa shape index (κ2) is 4.18. The zero-order valence-electron chi connectivity index (χ0n) is 9.31. The van der Waals surface area contributed by atoms with E-state index in [1.165, 1.54) is 0 Å². The SMILES string of the molecule is Cc1ccc(N)c(NCc2nncn2C)n1. The van der Waals surface area contributed by atoms with Crippen LogP contribution in [-0.4, -0.2) is 19.7 Å². The fourth-order valence-electron chi connectivity index (χ4n) is 1.34. The van der Waals surface area contributed by atoms with Crippen LogP contribution in [0.1, 0.15) is 11.5 Å². The molecule has 6 heteroatoms. The third-order valence-corrected chi connectivity index (χ3v) is 2.28. The van der Waals surface area contributed by atoms with Crippen molar-refractivity contribution in [2.75, 3.05) is 11.1 Å². The fraction of sp³-hybridized carbons (Fsp3) is 0.300. The molecule has 2 heterocycles. The van der Waals surface area contributed by atoms with Gasteiger partial charge < -0.3 is 15.6 Å². The number of nitrogens with one attached hydrogen (secondary N) is 1. The molecule has 3 N–H and O–H groups in total. The summed E-state index contributed by atoms with van der Waals surface area (Å²) in [4.78, 5) is 4.31. The summed E-state index contributed by atoms with van der Waals surface area (Å²) in [7, 11) is 1.89. The average molecular weight is 218 g/mol. The first-order chi connectivity index (χ1) is 7.66. The summed E-state index contributed by atoms with van der Waals surface area (Å²) >= 11 is 0. The van der Waals surface area contributed by atoms with Gasteiger partial charge >= 0.3 is 0 Å². The lowest BCUT2D eigenvalue weighted by atomic mass is 10.3. The molecule has 84 valence electrons. The van der Waals surface area contributed by atoms with Crippen molar-refractivity contribution in [1.29, 1.82) is 0 Å². The molecule has 0 bridgehead atoms. The van der Waals surface area contributed by atoms with E-state index in [0.29, 0.717) is 18.1 Å². The number of nitrogens with two attached hydrogens (primary N) is 1. The van der Waals surface area contributed by atoms with Gasteiger partial charge in [-0.1, -0.05) is 0 Å². The molecule has 0 aliphatic heterocycles. The van der Waals surface area contributed by atoms with Crippen LogP contribution in [0.15, 0.2) is 18.5 Å². The number of hydrogen-bond acceptors (Lipinski definition) is 5. The van der Waals surface area contributed by atoms with Crippen molar-refractivity contribution in [1.82, 2.24) is 19.7 Å². The lowest BCUT2D eigenvalue weighted by molar-refractivity contribution is 0.810. The molecule has 0 aromatic carbocycles. The van der Waals surface area contributed by atoms with Crippen molar-refractivity contribution in [2.24, 2.45) is 7.05 Å². The van der Waals surface area contributed by atoms with Crippen LogP contribution in [0.25, 0.3) is 0 Å². The van der Waals surface area contributed by atoms with E-state index in [2.05, 4.69) is 20.5 Å². The van der Waals surface area contributed by atoms with Crippen molar-refractivity contribution in [3.63, 3.8) is 0 Å². The van der Waals surface area contributed by atoms with Gasteiger partial charge in [0.05, 0.1) is 12.2 Å². The Hall–Kier alpha value is -2.11. The highest BCUT2D eigenvalue weighted by Gasteiger charge is 2.03. The maximum atomic E-state index is 5.80. The summed E-state index contributed by atoms with van der Waals surface area (Å²) in [5.74, 6) is 1.52. The van der Waals surface area contributed by atoms with Crippen LogP contribution in [0.4, 0.5) is 11.5 Å². The minimum Gasteiger partial charge on any atom is -0.396 e. The highest BCUT2D eigenvalue weighted by Crippen LogP contribution is 2.15. The second-order valence-corrected chi connectivity index (χ2v) is 3.60. The molecule has 0 atom stereocenters. The molecule has 0 aliphatic carbocycles. The van der Waals surface area contributed by atoms with E-state index in [1.807, 2.05) is 30.7 Å². The van der Waals surface area contributed by atoms with E-state index in [-0.39, 0.29) is 0 Å². The Balaban J connectivity index is 2.10. The van der Waals surface area contributed by atoms with Crippen molar-refractivity contribution in [3.8, 4) is 0 Å². The van der Waals surface area contributed by atoms with Gasteiger partial charge in [-0.3, -0.25) is 0 Å². The molecule has 0 radical (unpaired) electrons. The largest absolute Gasteiger partial charge is 0.396 e. The number of pyridine rings is 1. The van der Waals surface area contributed by atoms with Crippen LogP contribution in [0.5, 0.6) is 0 Å². The zero-order valence-corrected chi connectivity index (χ0v) is 9.31. The first-order valence-electron chi connectivity index (χ1n) is 4.96. The third kappa shape index (κ3) is 2.10. The van der Waals surface area contributed by atoms with E-state index in [0.717, 1.165) is 11.5 Å². The number of rotatable bonds is 3. The van der Waals surface area contributed by atoms with E-state index in [9.17, 15) is 0 Å². The van der Waals surface area contributed by atoms with E-state index >= 15 is 0 Å². The topological polar surface area (TPSA) is 81.6 Å². The standard InChI is InChI=1S/C10H14N6/c1-7-3-4-8(11)10(14-7)12-5-9-15-13-6-16(9)2/h3-4,6H,5,11H2,1-2H3,(H,12,14). The summed E-state index contributed by atoms with van der Waals surface area (Å²) in [5, 5.41) is 10.9. The van der Waals surface area contributed by atoms with E-state index in [1.54, 1.807) is 6.33 Å². The summed E-state index contributed by atoms with van der Waals surface area (Å²) in [6.45, 7) is 2.48. The van der Waals surface area contributed by atoms with Gasteiger partial charge in [0, 0.05) is 12.7 Å². The maximum Gasteiger partial charge on any atom is 0.151 e. The van der Waals surface area contributed by atoms with Crippen LogP contribution < -0.4 is 11.1 Å². The van der Waals surface area contributed by atoms with Gasteiger partial charge in [0.15, 0.2) is 5.82 Å². The summed E-state index contributed by atoms with van der Waals surface area (Å²) in [6, 6.07) is 3.71. The monoisotopic (exact) mass is 218 g/mol. The van der Waals surface area contributed by atoms with Crippen LogP contribution in [0.2, 0.25) is 0 Å². The number of nitrogen functional groups attached to an aromatic ring is 1. The van der Waals surface area contributed by atoms with Crippen LogP contribution in [0.3, 0.4) is 0 Å². The summed E-state index contributed by atoms with van der Waals surface area (Å²) < 4.78 is 1.85. The van der Waals surface area contributed by atoms with Gasteiger partial charge in [0.2, 0.25) is 0 Å². The van der Waals surface area contributed by atoms with Gasteiger partial charge in [-0.25, -0.2) is 4.98 Å². The fourth-order valence-corrected chi connectivity index (χ4v) is 1.34. The summed E-state index contributed by atoms with van der Waals surface area (Å²) in [6.07, 6.45) is 1.66. The van der Waals surface area contributed by atoms with Gasteiger partial charge in [0.25, 0.3) is 0 Å². The van der Waals surface area contributed by atoms with Crippen LogP contribution in [0, 0.1) is 6.92 Å². The smallest absolute Gasteiger partial charge is 0.151 e. The molecule has 0 spiro atoms. The molecule has 0 amide bonds. The summed E-state index contributed by atoms with van der Waals surface area (Å²) in [5.41, 5.74) is 7.36. The van der Waals surface area contributed by atoms with Gasteiger partial charge in [0.1, 0.15) is 12.1 Å². The van der Waals surface area contributed by atoms with Gasteiger partial charge in [-0.15, -0.1) is 10.2 Å². The van der Waals surface area contributed by atoms with Crippen molar-refractivity contribution in [2.45, 2.75) is 13.5 Å². The van der Waals surface area contributed by atoms with E-state index in [4.69, 9.17) is 5.73 Å². The van der Waals surface area contributed by atoms with Crippen LogP contribution in [-0.2, 0) is 13.6 Å². The van der Waals surface area contributed by atoms with Crippen molar-refractivity contribution >= 4 is 11.5 Å². The first kappa shape index (κ1) is 10.4. The number of hydrogen-bond donors (Lipinski definition) is 2. The molecule has 2 aromatic rings. The second-order valence-electron chi connectivity index (χ2n) is 3.60. The molecule has 6 nitrogen and oxygen atoms in total. The molecule has 0 saturated carbocycles. The molecule has 16 heavy (non-hydrogen) atoms. The molecular weight excluding hydrogens is 204 g/mol. The Labute approximate surface area is 93.5 Å². The number of nitrogens with zero attached hydrogens (tertiary/aromatic N) is 4. The molecular formula is C10H14N6. The average Bonchev–Trinajstić information content (AvgIpc) is 2.66. The third-order valence-electron chi connectivity index (χ3n) is 2.28. The number of aryl methyl sites for hydroxylation is 2. The predicted molar refractivity (Wildman–Crippen MR) is 61.7 cm³/mol. The number of anilines is 2. The molecule has 2 aromatic heterocycles. The molecule has 0 unspecified atom stereocenters. The Morgan fingerprint density at radius 3 is 2.94 bits per heavy atom. The van der Waals surface area contributed by atoms with Crippen molar-refractivity contribution < 1.29 is 0 Å². The Morgan fingerprint density at radius 1 is 1.44 bits per heavy atom. The van der Waals surface area contributed by atoms with Gasteiger partial charge in [-0.05, 0) is 19.1 Å². The Bertz CT molecular complexity index is 490. The Kier molecular flexibility index (Phi) is 2.72. The number of aromatic nitrogens is 4. The minimum absolute atomic E-state index is 0.553. The van der Waals surface area contributed by atoms with E-state index < -0.39 is 0 Å². The highest BCUT2D eigenvalue weighted by atomic mass is 15.3. The normalized spacial score (nSPS) is 10.4. The lowest BCUT2D eigenvalue weighted by Gasteiger charge is -2.08. The molecule has 0 aliphatic rings. The molecule has 2 rings (SSSR count). The minimum atomic E-state index is 0.553. The molecule has 0 saturated heterocycles. The molecule has 0 fully saturated rings. The predicted octanol–water partition coefficient (Wildman–Crippen LogP) is 0.713. The zero-order chi connectivity index (χ0) is 11.5. The quantitative estimate of drug-likeness (QED) is 0.793. The maximum absolute atomic E-state index is 5.80. The van der Waals surface area contributed by atoms with Gasteiger partial charge in [-0.2, -0.15) is 0 Å². The first-order valence-corrected chi connectivity index (χ1v) is 4.96. The Morgan fingerprint density at radius 2 is 2.25 bits per heavy atom. The lowest BCUT2D eigenvalue weighted by Crippen LogP contribution is -2.09.